The number of carbonyl (C=O) groups excluding carboxylic acids is 2. The van der Waals surface area contributed by atoms with Crippen LogP contribution in [0.4, 0.5) is 5.69 Å². The average Bonchev–Trinajstić information content (AvgIpc) is 3.04. The van der Waals surface area contributed by atoms with Crippen molar-refractivity contribution in [1.29, 1.82) is 0 Å². The molecule has 0 spiro atoms. The van der Waals surface area contributed by atoms with Gasteiger partial charge in [-0.05, 0) is 49.1 Å². The highest BCUT2D eigenvalue weighted by atomic mass is 35.5. The Hall–Kier alpha value is -2.11. The first-order valence-corrected chi connectivity index (χ1v) is 10.0. The van der Waals surface area contributed by atoms with Crippen LogP contribution in [0.25, 0.3) is 0 Å². The van der Waals surface area contributed by atoms with Crippen molar-refractivity contribution in [1.82, 2.24) is 10.3 Å². The molecule has 2 unspecified atom stereocenters. The number of nitrogens with one attached hydrogen (secondary N) is 1. The summed E-state index contributed by atoms with van der Waals surface area (Å²) in [5.74, 6) is -1.08. The van der Waals surface area contributed by atoms with Crippen molar-refractivity contribution in [3.8, 4) is 0 Å². The van der Waals surface area contributed by atoms with Gasteiger partial charge in [0, 0.05) is 18.4 Å². The largest absolute Gasteiger partial charge is 0.347 e. The molecule has 3 rings (SSSR count). The minimum Gasteiger partial charge on any atom is -0.347 e. The summed E-state index contributed by atoms with van der Waals surface area (Å²) in [6, 6.07) is 8.63. The minimum atomic E-state index is -0.722. The van der Waals surface area contributed by atoms with E-state index in [1.54, 1.807) is 29.3 Å². The van der Waals surface area contributed by atoms with Crippen molar-refractivity contribution < 1.29 is 9.59 Å². The Labute approximate surface area is 175 Å². The van der Waals surface area contributed by atoms with Crippen LogP contribution in [-0.2, 0) is 9.59 Å². The van der Waals surface area contributed by atoms with Gasteiger partial charge in [0.05, 0.1) is 21.8 Å². The van der Waals surface area contributed by atoms with E-state index >= 15 is 0 Å². The lowest BCUT2D eigenvalue weighted by Gasteiger charge is -2.25. The van der Waals surface area contributed by atoms with Crippen molar-refractivity contribution >= 4 is 40.7 Å². The molecule has 7 heteroatoms. The Morgan fingerprint density at radius 2 is 2.00 bits per heavy atom. The summed E-state index contributed by atoms with van der Waals surface area (Å²) in [5, 5.41) is 3.85. The van der Waals surface area contributed by atoms with Gasteiger partial charge in [-0.1, -0.05) is 43.1 Å². The number of benzene rings is 1. The number of amides is 2. The van der Waals surface area contributed by atoms with E-state index in [1.807, 2.05) is 32.9 Å². The smallest absolute Gasteiger partial charge is 0.239 e. The average molecular weight is 420 g/mol. The van der Waals surface area contributed by atoms with Gasteiger partial charge < -0.3 is 10.2 Å². The van der Waals surface area contributed by atoms with Gasteiger partial charge in [0.25, 0.3) is 0 Å². The zero-order valence-electron chi connectivity index (χ0n) is 16.1. The summed E-state index contributed by atoms with van der Waals surface area (Å²) in [6.07, 6.45) is 2.17. The summed E-state index contributed by atoms with van der Waals surface area (Å²) < 4.78 is 0. The standard InChI is InChI=1S/C21H23Cl2N3O2/c1-12(2)18(19-13(3)5-4-9-24-19)25-20(27)15-8-10-26(21(15)28)14-6-7-16(22)17(23)11-14/h4-7,9,11-12,15,18H,8,10H2,1-3H3,(H,25,27). The molecule has 28 heavy (non-hydrogen) atoms. The van der Waals surface area contributed by atoms with Crippen LogP contribution in [-0.4, -0.2) is 23.3 Å². The first-order chi connectivity index (χ1) is 13.3. The topological polar surface area (TPSA) is 62.3 Å². The summed E-state index contributed by atoms with van der Waals surface area (Å²) in [5.41, 5.74) is 2.49. The van der Waals surface area contributed by atoms with Crippen molar-refractivity contribution in [3.05, 3.63) is 57.8 Å². The van der Waals surface area contributed by atoms with Crippen LogP contribution in [0, 0.1) is 18.8 Å². The second kappa shape index (κ2) is 8.50. The zero-order valence-corrected chi connectivity index (χ0v) is 17.6. The molecule has 1 aliphatic heterocycles. The van der Waals surface area contributed by atoms with E-state index in [1.165, 1.54) is 0 Å². The van der Waals surface area contributed by atoms with Gasteiger partial charge in [-0.15, -0.1) is 0 Å². The monoisotopic (exact) mass is 419 g/mol. The Balaban J connectivity index is 1.76. The Bertz CT molecular complexity index is 901. The van der Waals surface area contributed by atoms with Crippen LogP contribution in [0.1, 0.15) is 37.6 Å². The second-order valence-electron chi connectivity index (χ2n) is 7.37. The molecule has 1 aromatic heterocycles. The molecule has 1 saturated heterocycles. The molecular weight excluding hydrogens is 397 g/mol. The van der Waals surface area contributed by atoms with Crippen LogP contribution in [0.2, 0.25) is 10.0 Å². The fraction of sp³-hybridized carbons (Fsp3) is 0.381. The lowest BCUT2D eigenvalue weighted by molar-refractivity contribution is -0.132. The number of halogens is 2. The van der Waals surface area contributed by atoms with Gasteiger partial charge in [-0.2, -0.15) is 0 Å². The van der Waals surface area contributed by atoms with E-state index in [0.29, 0.717) is 28.7 Å². The fourth-order valence-electron chi connectivity index (χ4n) is 3.46. The number of carbonyl (C=O) groups is 2. The summed E-state index contributed by atoms with van der Waals surface area (Å²) in [6.45, 7) is 6.48. The van der Waals surface area contributed by atoms with E-state index in [0.717, 1.165) is 11.3 Å². The maximum atomic E-state index is 12.9. The van der Waals surface area contributed by atoms with Gasteiger partial charge in [0.15, 0.2) is 0 Å². The highest BCUT2D eigenvalue weighted by Crippen LogP contribution is 2.32. The van der Waals surface area contributed by atoms with Crippen LogP contribution in [0.3, 0.4) is 0 Å². The molecule has 2 atom stereocenters. The third-order valence-electron chi connectivity index (χ3n) is 5.05. The van der Waals surface area contributed by atoms with Crippen molar-refractivity contribution in [2.45, 2.75) is 33.2 Å². The summed E-state index contributed by atoms with van der Waals surface area (Å²) >= 11 is 12.0. The molecule has 0 bridgehead atoms. The van der Waals surface area contributed by atoms with Gasteiger partial charge in [-0.3, -0.25) is 14.6 Å². The molecule has 2 aromatic rings. The molecule has 1 aromatic carbocycles. The maximum absolute atomic E-state index is 12.9. The second-order valence-corrected chi connectivity index (χ2v) is 8.18. The Morgan fingerprint density at radius 3 is 2.64 bits per heavy atom. The van der Waals surface area contributed by atoms with E-state index < -0.39 is 5.92 Å². The number of hydrogen-bond donors (Lipinski definition) is 1. The van der Waals surface area contributed by atoms with Gasteiger partial charge in [-0.25, -0.2) is 0 Å². The normalized spacial score (nSPS) is 17.9. The van der Waals surface area contributed by atoms with Crippen LogP contribution >= 0.6 is 23.2 Å². The molecule has 0 aliphatic carbocycles. The van der Waals surface area contributed by atoms with Crippen molar-refractivity contribution in [2.75, 3.05) is 11.4 Å². The number of anilines is 1. The molecule has 148 valence electrons. The SMILES string of the molecule is Cc1cccnc1C(NC(=O)C1CCN(c2ccc(Cl)c(Cl)c2)C1=O)C(C)C. The molecule has 0 saturated carbocycles. The van der Waals surface area contributed by atoms with Gasteiger partial charge >= 0.3 is 0 Å². The number of rotatable bonds is 5. The third kappa shape index (κ3) is 4.15. The predicted octanol–water partition coefficient (Wildman–Crippen LogP) is 4.56. The lowest BCUT2D eigenvalue weighted by Crippen LogP contribution is -2.40. The molecular formula is C21H23Cl2N3O2. The van der Waals surface area contributed by atoms with Crippen LogP contribution in [0.5, 0.6) is 0 Å². The van der Waals surface area contributed by atoms with Crippen LogP contribution in [0.15, 0.2) is 36.5 Å². The number of aromatic nitrogens is 1. The van der Waals surface area contributed by atoms with Crippen molar-refractivity contribution in [2.24, 2.45) is 11.8 Å². The summed E-state index contributed by atoms with van der Waals surface area (Å²) in [7, 11) is 0. The number of hydrogen-bond acceptors (Lipinski definition) is 3. The highest BCUT2D eigenvalue weighted by Gasteiger charge is 2.39. The Kier molecular flexibility index (Phi) is 6.26. The first-order valence-electron chi connectivity index (χ1n) is 9.28. The molecule has 1 aliphatic rings. The third-order valence-corrected chi connectivity index (χ3v) is 5.78. The maximum Gasteiger partial charge on any atom is 0.239 e. The molecule has 1 N–H and O–H groups in total. The van der Waals surface area contributed by atoms with E-state index in [2.05, 4.69) is 10.3 Å². The lowest BCUT2D eigenvalue weighted by atomic mass is 9.96. The summed E-state index contributed by atoms with van der Waals surface area (Å²) in [4.78, 5) is 31.8. The molecule has 0 radical (unpaired) electrons. The zero-order chi connectivity index (χ0) is 20.4. The Morgan fingerprint density at radius 1 is 1.25 bits per heavy atom. The molecule has 2 heterocycles. The van der Waals surface area contributed by atoms with E-state index in [9.17, 15) is 9.59 Å². The number of nitrogens with zero attached hydrogens (tertiary/aromatic N) is 2. The quantitative estimate of drug-likeness (QED) is 0.722. The predicted molar refractivity (Wildman–Crippen MR) is 112 cm³/mol. The minimum absolute atomic E-state index is 0.139. The molecule has 5 nitrogen and oxygen atoms in total. The van der Waals surface area contributed by atoms with Gasteiger partial charge in [0.1, 0.15) is 5.92 Å². The van der Waals surface area contributed by atoms with E-state index in [4.69, 9.17) is 23.2 Å². The molecule has 2 amide bonds. The number of pyridine rings is 1. The fourth-order valence-corrected chi connectivity index (χ4v) is 3.75. The van der Waals surface area contributed by atoms with Crippen molar-refractivity contribution in [3.63, 3.8) is 0 Å². The number of aryl methyl sites for hydroxylation is 1. The van der Waals surface area contributed by atoms with Gasteiger partial charge in [0.2, 0.25) is 11.8 Å². The molecule has 1 fully saturated rings. The first kappa shape index (κ1) is 20.6. The van der Waals surface area contributed by atoms with E-state index in [-0.39, 0.29) is 23.8 Å². The highest BCUT2D eigenvalue weighted by molar-refractivity contribution is 6.42. The van der Waals surface area contributed by atoms with Crippen LogP contribution < -0.4 is 10.2 Å².